The highest BCUT2D eigenvalue weighted by molar-refractivity contribution is 6.09. The van der Waals surface area contributed by atoms with Crippen molar-refractivity contribution >= 4 is 28.3 Å². The van der Waals surface area contributed by atoms with Gasteiger partial charge < -0.3 is 10.8 Å². The van der Waals surface area contributed by atoms with Crippen LogP contribution in [-0.4, -0.2) is 23.5 Å². The fourth-order valence-corrected chi connectivity index (χ4v) is 2.75. The van der Waals surface area contributed by atoms with Crippen LogP contribution in [0.15, 0.2) is 66.7 Å². The monoisotopic (exact) mass is 334 g/mol. The molecule has 3 aromatic rings. The van der Waals surface area contributed by atoms with E-state index in [-0.39, 0.29) is 5.91 Å². The summed E-state index contributed by atoms with van der Waals surface area (Å²) >= 11 is 0. The van der Waals surface area contributed by atoms with Crippen LogP contribution in [0.1, 0.15) is 15.9 Å². The molecule has 0 aliphatic rings. The third kappa shape index (κ3) is 3.67. The number of hydrogen-bond donors (Lipinski definition) is 2. The first-order valence-electron chi connectivity index (χ1n) is 7.90. The number of nitrogens with zero attached hydrogens (tertiary/aromatic N) is 1. The predicted octanol–water partition coefficient (Wildman–Crippen LogP) is 3.03. The number of aliphatic carboxylic acids is 1. The van der Waals surface area contributed by atoms with Crippen molar-refractivity contribution in [3.63, 3.8) is 0 Å². The molecule has 0 unspecified atom stereocenters. The summed E-state index contributed by atoms with van der Waals surface area (Å²) in [5.41, 5.74) is 7.41. The van der Waals surface area contributed by atoms with E-state index in [1.807, 2.05) is 42.5 Å². The minimum atomic E-state index is -1.07. The van der Waals surface area contributed by atoms with Crippen molar-refractivity contribution in [1.82, 2.24) is 0 Å². The van der Waals surface area contributed by atoms with E-state index in [0.29, 0.717) is 17.8 Å². The average Bonchev–Trinajstić information content (AvgIpc) is 2.65. The minimum Gasteiger partial charge on any atom is -0.480 e. The summed E-state index contributed by atoms with van der Waals surface area (Å²) in [6.45, 7) is -0.0972. The second-order valence-electron chi connectivity index (χ2n) is 5.72. The predicted molar refractivity (Wildman–Crippen MR) is 97.6 cm³/mol. The first-order chi connectivity index (χ1) is 12.1. The van der Waals surface area contributed by atoms with Gasteiger partial charge in [0.2, 0.25) is 0 Å². The smallest absolute Gasteiger partial charge is 0.323 e. The van der Waals surface area contributed by atoms with Crippen LogP contribution in [0.2, 0.25) is 0 Å². The van der Waals surface area contributed by atoms with E-state index in [0.717, 1.165) is 16.3 Å². The number of amides is 1. The molecule has 3 N–H and O–H groups in total. The van der Waals surface area contributed by atoms with Crippen LogP contribution in [0, 0.1) is 0 Å². The lowest BCUT2D eigenvalue weighted by Crippen LogP contribution is -2.35. The van der Waals surface area contributed by atoms with E-state index in [9.17, 15) is 14.7 Å². The van der Waals surface area contributed by atoms with Gasteiger partial charge in [-0.3, -0.25) is 14.5 Å². The van der Waals surface area contributed by atoms with Gasteiger partial charge in [-0.05, 0) is 40.6 Å². The van der Waals surface area contributed by atoms with Gasteiger partial charge in [-0.1, -0.05) is 42.5 Å². The van der Waals surface area contributed by atoms with Gasteiger partial charge in [-0.2, -0.15) is 0 Å². The van der Waals surface area contributed by atoms with E-state index in [1.54, 1.807) is 24.3 Å². The molecule has 0 saturated carbocycles. The summed E-state index contributed by atoms with van der Waals surface area (Å²) in [6.07, 6.45) is 0. The molecule has 5 nitrogen and oxygen atoms in total. The van der Waals surface area contributed by atoms with Crippen LogP contribution in [-0.2, 0) is 11.3 Å². The Hall–Kier alpha value is -3.18. The zero-order valence-electron chi connectivity index (χ0n) is 13.6. The van der Waals surface area contributed by atoms with Crippen LogP contribution >= 0.6 is 0 Å². The lowest BCUT2D eigenvalue weighted by Gasteiger charge is -2.21. The van der Waals surface area contributed by atoms with Crippen molar-refractivity contribution in [2.45, 2.75) is 6.54 Å². The van der Waals surface area contributed by atoms with Gasteiger partial charge in [0.15, 0.2) is 0 Å². The van der Waals surface area contributed by atoms with Crippen LogP contribution in [0.25, 0.3) is 10.8 Å². The number of carboxylic acid groups (broad SMARTS) is 1. The lowest BCUT2D eigenvalue weighted by molar-refractivity contribution is -0.135. The molecule has 1 amide bonds. The number of fused-ring (bicyclic) bond motifs is 1. The van der Waals surface area contributed by atoms with E-state index in [4.69, 9.17) is 5.73 Å². The molecule has 0 bridgehead atoms. The quantitative estimate of drug-likeness (QED) is 0.751. The lowest BCUT2D eigenvalue weighted by atomic mass is 10.1. The molecule has 0 spiro atoms. The largest absolute Gasteiger partial charge is 0.480 e. The Bertz CT molecular complexity index is 937. The number of carbonyl (C=O) groups excluding carboxylic acids is 1. The van der Waals surface area contributed by atoms with Gasteiger partial charge in [-0.15, -0.1) is 0 Å². The van der Waals surface area contributed by atoms with E-state index >= 15 is 0 Å². The highest BCUT2D eigenvalue weighted by Gasteiger charge is 2.21. The molecule has 0 fully saturated rings. The minimum absolute atomic E-state index is 0.316. The number of benzene rings is 3. The Kier molecular flexibility index (Phi) is 4.77. The Morgan fingerprint density at radius 1 is 0.920 bits per heavy atom. The second kappa shape index (κ2) is 7.15. The Labute approximate surface area is 145 Å². The van der Waals surface area contributed by atoms with Gasteiger partial charge in [0.25, 0.3) is 5.91 Å². The first kappa shape index (κ1) is 16.7. The Balaban J connectivity index is 2.03. The van der Waals surface area contributed by atoms with Crippen LogP contribution in [0.3, 0.4) is 0 Å². The number of hydrogen-bond acceptors (Lipinski definition) is 3. The fourth-order valence-electron chi connectivity index (χ4n) is 2.75. The number of carbonyl (C=O) groups is 2. The molecule has 0 aromatic heterocycles. The molecule has 0 radical (unpaired) electrons. The number of nitrogens with two attached hydrogens (primary N) is 1. The third-order valence-corrected chi connectivity index (χ3v) is 3.99. The molecular weight excluding hydrogens is 316 g/mol. The summed E-state index contributed by atoms with van der Waals surface area (Å²) in [7, 11) is 0. The second-order valence-corrected chi connectivity index (χ2v) is 5.72. The molecular formula is C20H18N2O3. The van der Waals surface area contributed by atoms with Gasteiger partial charge >= 0.3 is 5.97 Å². The highest BCUT2D eigenvalue weighted by Crippen LogP contribution is 2.24. The van der Waals surface area contributed by atoms with Gasteiger partial charge in [0.05, 0.1) is 0 Å². The molecule has 0 saturated heterocycles. The molecule has 0 atom stereocenters. The molecule has 3 aromatic carbocycles. The van der Waals surface area contributed by atoms with Crippen molar-refractivity contribution in [1.29, 1.82) is 0 Å². The van der Waals surface area contributed by atoms with E-state index in [2.05, 4.69) is 0 Å². The van der Waals surface area contributed by atoms with Crippen LogP contribution in [0.4, 0.5) is 5.69 Å². The Morgan fingerprint density at radius 2 is 1.68 bits per heavy atom. The summed E-state index contributed by atoms with van der Waals surface area (Å²) in [4.78, 5) is 25.5. The fraction of sp³-hybridized carbons (Fsp3) is 0.100. The molecule has 25 heavy (non-hydrogen) atoms. The molecule has 5 heteroatoms. The van der Waals surface area contributed by atoms with Crippen LogP contribution in [0.5, 0.6) is 0 Å². The SMILES string of the molecule is NCc1cccc(C(=O)N(CC(=O)O)c2ccc3ccccc3c2)c1. The van der Waals surface area contributed by atoms with Crippen molar-refractivity contribution in [3.8, 4) is 0 Å². The topological polar surface area (TPSA) is 83.6 Å². The standard InChI is InChI=1S/C20H18N2O3/c21-12-14-4-3-7-17(10-14)20(25)22(13-19(23)24)18-9-8-15-5-1-2-6-16(15)11-18/h1-11H,12-13,21H2,(H,23,24). The molecule has 3 rings (SSSR count). The van der Waals surface area contributed by atoms with E-state index < -0.39 is 12.5 Å². The van der Waals surface area contributed by atoms with Crippen molar-refractivity contribution in [2.24, 2.45) is 5.73 Å². The van der Waals surface area contributed by atoms with Crippen LogP contribution < -0.4 is 10.6 Å². The van der Waals surface area contributed by atoms with Crippen molar-refractivity contribution in [2.75, 3.05) is 11.4 Å². The van der Waals surface area contributed by atoms with Gasteiger partial charge in [0.1, 0.15) is 6.54 Å². The van der Waals surface area contributed by atoms with Crippen molar-refractivity contribution in [3.05, 3.63) is 77.9 Å². The summed E-state index contributed by atoms with van der Waals surface area (Å²) in [5, 5.41) is 11.2. The average molecular weight is 334 g/mol. The number of rotatable bonds is 5. The van der Waals surface area contributed by atoms with Gasteiger partial charge in [0, 0.05) is 17.8 Å². The number of carboxylic acids is 1. The maximum atomic E-state index is 12.9. The Morgan fingerprint density at radius 3 is 2.40 bits per heavy atom. The molecule has 126 valence electrons. The van der Waals surface area contributed by atoms with Crippen molar-refractivity contribution < 1.29 is 14.7 Å². The van der Waals surface area contributed by atoms with E-state index in [1.165, 1.54) is 4.90 Å². The summed E-state index contributed by atoms with van der Waals surface area (Å²) in [5.74, 6) is -1.44. The maximum absolute atomic E-state index is 12.9. The first-order valence-corrected chi connectivity index (χ1v) is 7.90. The highest BCUT2D eigenvalue weighted by atomic mass is 16.4. The zero-order chi connectivity index (χ0) is 17.8. The summed E-state index contributed by atoms with van der Waals surface area (Å²) < 4.78 is 0. The molecule has 0 aliphatic carbocycles. The molecule has 0 heterocycles. The van der Waals surface area contributed by atoms with Gasteiger partial charge in [-0.25, -0.2) is 0 Å². The zero-order valence-corrected chi connectivity index (χ0v) is 13.6. The maximum Gasteiger partial charge on any atom is 0.323 e. The molecule has 0 aliphatic heterocycles. The number of anilines is 1. The normalized spacial score (nSPS) is 10.6. The summed E-state index contributed by atoms with van der Waals surface area (Å²) in [6, 6.07) is 20.1. The third-order valence-electron chi connectivity index (χ3n) is 3.99.